The van der Waals surface area contributed by atoms with Gasteiger partial charge in [-0.25, -0.2) is 0 Å². The van der Waals surface area contributed by atoms with Crippen LogP contribution in [0.5, 0.6) is 0 Å². The summed E-state index contributed by atoms with van der Waals surface area (Å²) in [5.41, 5.74) is 9.59. The van der Waals surface area contributed by atoms with Gasteiger partial charge in [-0.15, -0.1) is 0 Å². The molecular weight excluding hydrogens is 262 g/mol. The second-order valence-electron chi connectivity index (χ2n) is 6.18. The van der Waals surface area contributed by atoms with Crippen molar-refractivity contribution >= 4 is 11.4 Å². The quantitative estimate of drug-likeness (QED) is 0.843. The minimum atomic E-state index is 0.436. The van der Waals surface area contributed by atoms with E-state index in [-0.39, 0.29) is 0 Å². The van der Waals surface area contributed by atoms with Crippen LogP contribution in [0.1, 0.15) is 25.3 Å². The van der Waals surface area contributed by atoms with E-state index >= 15 is 0 Å². The van der Waals surface area contributed by atoms with E-state index in [1.807, 2.05) is 6.07 Å². The van der Waals surface area contributed by atoms with E-state index < -0.39 is 0 Å². The van der Waals surface area contributed by atoms with Crippen molar-refractivity contribution in [3.8, 4) is 0 Å². The highest BCUT2D eigenvalue weighted by Gasteiger charge is 2.21. The first-order valence-corrected chi connectivity index (χ1v) is 8.23. The summed E-state index contributed by atoms with van der Waals surface area (Å²) in [4.78, 5) is 5.04. The summed E-state index contributed by atoms with van der Waals surface area (Å²) < 4.78 is 5.73. The van der Waals surface area contributed by atoms with Crippen LogP contribution in [0.25, 0.3) is 0 Å². The fourth-order valence-corrected chi connectivity index (χ4v) is 3.41. The lowest BCUT2D eigenvalue weighted by Gasteiger charge is -2.33. The summed E-state index contributed by atoms with van der Waals surface area (Å²) >= 11 is 0. The molecule has 0 bridgehead atoms. The number of fused-ring (bicyclic) bond motifs is 1. The van der Waals surface area contributed by atoms with Gasteiger partial charge in [0.05, 0.1) is 12.7 Å². The molecule has 1 aromatic rings. The first-order valence-electron chi connectivity index (χ1n) is 8.23. The third-order valence-corrected chi connectivity index (χ3v) is 4.68. The maximum absolute atomic E-state index is 5.92. The Bertz CT molecular complexity index is 477. The molecule has 2 aliphatic rings. The van der Waals surface area contributed by atoms with Crippen molar-refractivity contribution in [2.24, 2.45) is 0 Å². The highest BCUT2D eigenvalue weighted by atomic mass is 16.5. The number of nitrogens with zero attached hydrogens (tertiary/aromatic N) is 2. The Labute approximate surface area is 127 Å². The first kappa shape index (κ1) is 14.7. The summed E-state index contributed by atoms with van der Waals surface area (Å²) in [6.07, 6.45) is 3.93. The number of morpholine rings is 1. The van der Waals surface area contributed by atoms with Crippen molar-refractivity contribution in [2.75, 3.05) is 50.0 Å². The molecule has 21 heavy (non-hydrogen) atoms. The molecule has 1 aromatic carbocycles. The van der Waals surface area contributed by atoms with Crippen molar-refractivity contribution in [1.82, 2.24) is 4.90 Å². The number of rotatable bonds is 5. The van der Waals surface area contributed by atoms with Crippen LogP contribution in [-0.2, 0) is 11.2 Å². The molecule has 0 radical (unpaired) electrons. The Kier molecular flexibility index (Phi) is 4.66. The van der Waals surface area contributed by atoms with Gasteiger partial charge in [-0.05, 0) is 37.0 Å². The van der Waals surface area contributed by atoms with Gasteiger partial charge in [-0.3, -0.25) is 4.90 Å². The number of anilines is 2. The molecule has 0 aromatic heterocycles. The summed E-state index contributed by atoms with van der Waals surface area (Å²) in [6, 6.07) is 6.32. The molecule has 1 unspecified atom stereocenters. The summed E-state index contributed by atoms with van der Waals surface area (Å²) in [6.45, 7) is 8.72. The zero-order valence-electron chi connectivity index (χ0n) is 13.1. The molecule has 4 heteroatoms. The predicted molar refractivity (Wildman–Crippen MR) is 87.9 cm³/mol. The van der Waals surface area contributed by atoms with Gasteiger partial charge < -0.3 is 15.4 Å². The Morgan fingerprint density at radius 1 is 1.29 bits per heavy atom. The van der Waals surface area contributed by atoms with E-state index in [1.54, 1.807) is 0 Å². The van der Waals surface area contributed by atoms with Crippen LogP contribution in [0.3, 0.4) is 0 Å². The molecular formula is C17H27N3O. The van der Waals surface area contributed by atoms with Crippen molar-refractivity contribution in [2.45, 2.75) is 32.3 Å². The smallest absolute Gasteiger partial charge is 0.0700 e. The van der Waals surface area contributed by atoms with Crippen molar-refractivity contribution in [3.63, 3.8) is 0 Å². The van der Waals surface area contributed by atoms with E-state index in [2.05, 4.69) is 28.9 Å². The summed E-state index contributed by atoms with van der Waals surface area (Å²) in [5.74, 6) is 0. The molecule has 0 spiro atoms. The molecule has 1 atom stereocenters. The minimum Gasteiger partial charge on any atom is -0.399 e. The van der Waals surface area contributed by atoms with E-state index in [1.165, 1.54) is 24.2 Å². The summed E-state index contributed by atoms with van der Waals surface area (Å²) in [7, 11) is 0. The van der Waals surface area contributed by atoms with E-state index in [9.17, 15) is 0 Å². The van der Waals surface area contributed by atoms with Gasteiger partial charge in [0.2, 0.25) is 0 Å². The Balaban J connectivity index is 1.48. The molecule has 2 N–H and O–H groups in total. The standard InChI is InChI=1S/C17H27N3O/c1-2-16-13-19(10-11-21-16)7-3-8-20-9-6-14-4-5-15(18)12-17(14)20/h4-5,12,16H,2-3,6-11,13,18H2,1H3. The fourth-order valence-electron chi connectivity index (χ4n) is 3.41. The average Bonchev–Trinajstić information content (AvgIpc) is 2.90. The van der Waals surface area contributed by atoms with Crippen molar-refractivity contribution < 1.29 is 4.74 Å². The molecule has 4 nitrogen and oxygen atoms in total. The average molecular weight is 289 g/mol. The van der Waals surface area contributed by atoms with Gasteiger partial charge in [0.25, 0.3) is 0 Å². The minimum absolute atomic E-state index is 0.436. The largest absolute Gasteiger partial charge is 0.399 e. The number of nitrogens with two attached hydrogens (primary N) is 1. The lowest BCUT2D eigenvalue weighted by molar-refractivity contribution is -0.0296. The van der Waals surface area contributed by atoms with Crippen LogP contribution in [0, 0.1) is 0 Å². The van der Waals surface area contributed by atoms with Gasteiger partial charge in [0.15, 0.2) is 0 Å². The monoisotopic (exact) mass is 289 g/mol. The van der Waals surface area contributed by atoms with E-state index in [0.29, 0.717) is 6.10 Å². The zero-order chi connectivity index (χ0) is 14.7. The number of nitrogen functional groups attached to an aromatic ring is 1. The van der Waals surface area contributed by atoms with Crippen LogP contribution in [0.4, 0.5) is 11.4 Å². The number of hydrogen-bond donors (Lipinski definition) is 1. The molecule has 1 saturated heterocycles. The van der Waals surface area contributed by atoms with Crippen LogP contribution in [-0.4, -0.2) is 50.3 Å². The van der Waals surface area contributed by atoms with Gasteiger partial charge in [-0.2, -0.15) is 0 Å². The predicted octanol–water partition coefficient (Wildman–Crippen LogP) is 2.13. The Morgan fingerprint density at radius 2 is 2.19 bits per heavy atom. The highest BCUT2D eigenvalue weighted by Crippen LogP contribution is 2.29. The van der Waals surface area contributed by atoms with Crippen molar-refractivity contribution in [3.05, 3.63) is 23.8 Å². The molecule has 0 saturated carbocycles. The molecule has 2 aliphatic heterocycles. The van der Waals surface area contributed by atoms with Gasteiger partial charge >= 0.3 is 0 Å². The first-order chi connectivity index (χ1) is 10.3. The molecule has 0 amide bonds. The third kappa shape index (κ3) is 3.50. The van der Waals surface area contributed by atoms with Crippen LogP contribution in [0.2, 0.25) is 0 Å². The zero-order valence-corrected chi connectivity index (χ0v) is 13.1. The van der Waals surface area contributed by atoms with Gasteiger partial charge in [-0.1, -0.05) is 13.0 Å². The Morgan fingerprint density at radius 3 is 3.05 bits per heavy atom. The fraction of sp³-hybridized carbons (Fsp3) is 0.647. The topological polar surface area (TPSA) is 41.7 Å². The normalized spacial score (nSPS) is 22.5. The number of hydrogen-bond acceptors (Lipinski definition) is 4. The number of ether oxygens (including phenoxy) is 1. The molecule has 3 rings (SSSR count). The second kappa shape index (κ2) is 6.67. The van der Waals surface area contributed by atoms with E-state index in [0.717, 1.165) is 51.3 Å². The molecule has 116 valence electrons. The lowest BCUT2D eigenvalue weighted by atomic mass is 10.1. The van der Waals surface area contributed by atoms with Crippen molar-refractivity contribution in [1.29, 1.82) is 0 Å². The summed E-state index contributed by atoms with van der Waals surface area (Å²) in [5, 5.41) is 0. The highest BCUT2D eigenvalue weighted by molar-refractivity contribution is 5.64. The SMILES string of the molecule is CCC1CN(CCCN2CCc3ccc(N)cc32)CCO1. The van der Waals surface area contributed by atoms with Gasteiger partial charge in [0.1, 0.15) is 0 Å². The second-order valence-corrected chi connectivity index (χ2v) is 6.18. The number of benzene rings is 1. The maximum Gasteiger partial charge on any atom is 0.0700 e. The van der Waals surface area contributed by atoms with Gasteiger partial charge in [0, 0.05) is 44.1 Å². The van der Waals surface area contributed by atoms with Crippen LogP contribution in [0.15, 0.2) is 18.2 Å². The van der Waals surface area contributed by atoms with Crippen LogP contribution < -0.4 is 10.6 Å². The van der Waals surface area contributed by atoms with E-state index in [4.69, 9.17) is 10.5 Å². The Hall–Kier alpha value is -1.26. The lowest BCUT2D eigenvalue weighted by Crippen LogP contribution is -2.43. The third-order valence-electron chi connectivity index (χ3n) is 4.68. The maximum atomic E-state index is 5.92. The molecule has 2 heterocycles. The molecule has 0 aliphatic carbocycles. The van der Waals surface area contributed by atoms with Crippen LogP contribution >= 0.6 is 0 Å². The molecule has 1 fully saturated rings.